The van der Waals surface area contributed by atoms with Crippen LogP contribution in [0.5, 0.6) is 0 Å². The molecule has 0 unspecified atom stereocenters. The highest BCUT2D eigenvalue weighted by molar-refractivity contribution is 5.89. The van der Waals surface area contributed by atoms with Crippen molar-refractivity contribution in [2.75, 3.05) is 0 Å². The van der Waals surface area contributed by atoms with E-state index in [0.29, 0.717) is 24.8 Å². The first-order valence-electron chi connectivity index (χ1n) is 10.8. The lowest BCUT2D eigenvalue weighted by Crippen LogP contribution is -2.45. The van der Waals surface area contributed by atoms with Crippen molar-refractivity contribution >= 4 is 11.9 Å². The Morgan fingerprint density at radius 2 is 1.75 bits per heavy atom. The van der Waals surface area contributed by atoms with E-state index in [2.05, 4.69) is 10.3 Å². The Balaban J connectivity index is 1.61. The number of nitrogens with zero attached hydrogens (tertiary/aromatic N) is 1. The second-order valence-electron chi connectivity index (χ2n) is 7.82. The van der Waals surface area contributed by atoms with Crippen molar-refractivity contribution in [3.8, 4) is 0 Å². The van der Waals surface area contributed by atoms with Gasteiger partial charge in [0.25, 0.3) is 0 Å². The van der Waals surface area contributed by atoms with Crippen LogP contribution in [0.4, 0.5) is 0 Å². The number of pyridine rings is 1. The number of aromatic nitrogens is 1. The van der Waals surface area contributed by atoms with Crippen LogP contribution < -0.4 is 11.1 Å². The molecule has 6 nitrogen and oxygen atoms in total. The Labute approximate surface area is 188 Å². The zero-order valence-electron chi connectivity index (χ0n) is 18.2. The summed E-state index contributed by atoms with van der Waals surface area (Å²) in [5.74, 6) is -0.546. The molecule has 6 heteroatoms. The predicted octanol–water partition coefficient (Wildman–Crippen LogP) is 3.45. The SMILES string of the molecule is C[C@H](N)C(=O)N[C@@H](CCc1cccc(C(=O)OCc2ccccc2)c1)Cc1ccccn1. The molecule has 1 heterocycles. The van der Waals surface area contributed by atoms with E-state index in [-0.39, 0.29) is 24.5 Å². The van der Waals surface area contributed by atoms with Gasteiger partial charge in [-0.1, -0.05) is 48.5 Å². The Hall–Kier alpha value is -3.51. The van der Waals surface area contributed by atoms with Crippen LogP contribution in [0.3, 0.4) is 0 Å². The summed E-state index contributed by atoms with van der Waals surface area (Å²) in [5.41, 5.74) is 9.09. The average molecular weight is 432 g/mol. The fraction of sp³-hybridized carbons (Fsp3) is 0.269. The van der Waals surface area contributed by atoms with Crippen molar-refractivity contribution in [1.29, 1.82) is 0 Å². The van der Waals surface area contributed by atoms with Gasteiger partial charge in [-0.25, -0.2) is 4.79 Å². The van der Waals surface area contributed by atoms with Gasteiger partial charge in [0.1, 0.15) is 6.61 Å². The Bertz CT molecular complexity index is 1010. The molecule has 32 heavy (non-hydrogen) atoms. The quantitative estimate of drug-likeness (QED) is 0.480. The summed E-state index contributed by atoms with van der Waals surface area (Å²) >= 11 is 0. The molecule has 0 saturated heterocycles. The lowest BCUT2D eigenvalue weighted by atomic mass is 9.99. The number of ether oxygens (including phenoxy) is 1. The maximum Gasteiger partial charge on any atom is 0.338 e. The molecule has 0 aliphatic heterocycles. The second-order valence-corrected chi connectivity index (χ2v) is 7.82. The minimum absolute atomic E-state index is 0.114. The summed E-state index contributed by atoms with van der Waals surface area (Å²) in [7, 11) is 0. The van der Waals surface area contributed by atoms with Crippen molar-refractivity contribution in [3.05, 3.63) is 101 Å². The molecule has 2 atom stereocenters. The smallest absolute Gasteiger partial charge is 0.338 e. The summed E-state index contributed by atoms with van der Waals surface area (Å²) < 4.78 is 5.43. The monoisotopic (exact) mass is 431 g/mol. The summed E-state index contributed by atoms with van der Waals surface area (Å²) in [5, 5.41) is 3.02. The standard InChI is InChI=1S/C26H29N3O3/c1-19(27)25(30)29-24(17-23-12-5-6-15-28-23)14-13-20-10-7-11-22(16-20)26(31)32-18-21-8-3-2-4-9-21/h2-12,15-16,19,24H,13-14,17-18,27H2,1H3,(H,29,30)/t19-,24-/m0/s1. The Kier molecular flexibility index (Phi) is 8.52. The molecule has 0 spiro atoms. The Morgan fingerprint density at radius 3 is 2.47 bits per heavy atom. The number of hydrogen-bond acceptors (Lipinski definition) is 5. The minimum Gasteiger partial charge on any atom is -0.457 e. The van der Waals surface area contributed by atoms with Crippen LogP contribution in [-0.4, -0.2) is 28.9 Å². The van der Waals surface area contributed by atoms with Crippen LogP contribution >= 0.6 is 0 Å². The van der Waals surface area contributed by atoms with E-state index in [1.165, 1.54) is 0 Å². The molecular formula is C26H29N3O3. The van der Waals surface area contributed by atoms with Gasteiger partial charge in [-0.2, -0.15) is 0 Å². The number of esters is 1. The van der Waals surface area contributed by atoms with Crippen LogP contribution in [-0.2, 0) is 29.0 Å². The highest BCUT2D eigenvalue weighted by Crippen LogP contribution is 2.13. The highest BCUT2D eigenvalue weighted by atomic mass is 16.5. The number of benzene rings is 2. The predicted molar refractivity (Wildman–Crippen MR) is 124 cm³/mol. The summed E-state index contributed by atoms with van der Waals surface area (Å²) in [6.45, 7) is 1.90. The van der Waals surface area contributed by atoms with Crippen molar-refractivity contribution in [2.24, 2.45) is 5.73 Å². The van der Waals surface area contributed by atoms with Gasteiger partial charge in [-0.15, -0.1) is 0 Å². The number of carbonyl (C=O) groups excluding carboxylic acids is 2. The van der Waals surface area contributed by atoms with Crippen molar-refractivity contribution in [1.82, 2.24) is 10.3 Å². The van der Waals surface area contributed by atoms with Crippen LogP contribution in [0.2, 0.25) is 0 Å². The molecule has 166 valence electrons. The molecule has 1 aromatic heterocycles. The Morgan fingerprint density at radius 1 is 1.00 bits per heavy atom. The third-order valence-corrected chi connectivity index (χ3v) is 5.10. The molecule has 0 bridgehead atoms. The van der Waals surface area contributed by atoms with Gasteiger partial charge < -0.3 is 15.8 Å². The van der Waals surface area contributed by atoms with Gasteiger partial charge in [0.2, 0.25) is 5.91 Å². The van der Waals surface area contributed by atoms with Crippen LogP contribution in [0.25, 0.3) is 0 Å². The number of hydrogen-bond donors (Lipinski definition) is 2. The van der Waals surface area contributed by atoms with E-state index < -0.39 is 6.04 Å². The molecule has 3 rings (SSSR count). The number of carbonyl (C=O) groups is 2. The lowest BCUT2D eigenvalue weighted by molar-refractivity contribution is -0.122. The molecule has 3 N–H and O–H groups in total. The van der Waals surface area contributed by atoms with Crippen molar-refractivity contribution in [3.63, 3.8) is 0 Å². The number of nitrogens with one attached hydrogen (secondary N) is 1. The maximum absolute atomic E-state index is 12.5. The second kappa shape index (κ2) is 11.8. The van der Waals surface area contributed by atoms with Gasteiger partial charge in [-0.05, 0) is 55.2 Å². The van der Waals surface area contributed by atoms with Gasteiger partial charge in [0, 0.05) is 24.4 Å². The number of aryl methyl sites for hydroxylation is 1. The molecule has 0 radical (unpaired) electrons. The van der Waals surface area contributed by atoms with Gasteiger partial charge in [0.15, 0.2) is 0 Å². The number of rotatable bonds is 10. The zero-order valence-corrected chi connectivity index (χ0v) is 18.2. The van der Waals surface area contributed by atoms with E-state index in [1.54, 1.807) is 19.2 Å². The van der Waals surface area contributed by atoms with Crippen molar-refractivity contribution < 1.29 is 14.3 Å². The fourth-order valence-corrected chi connectivity index (χ4v) is 3.33. The maximum atomic E-state index is 12.5. The molecule has 0 fully saturated rings. The lowest BCUT2D eigenvalue weighted by Gasteiger charge is -2.20. The van der Waals surface area contributed by atoms with E-state index in [9.17, 15) is 9.59 Å². The molecular weight excluding hydrogens is 402 g/mol. The largest absolute Gasteiger partial charge is 0.457 e. The van der Waals surface area contributed by atoms with Crippen molar-refractivity contribution in [2.45, 2.75) is 44.9 Å². The minimum atomic E-state index is -0.580. The van der Waals surface area contributed by atoms with Gasteiger partial charge >= 0.3 is 5.97 Å². The average Bonchev–Trinajstić information content (AvgIpc) is 2.82. The van der Waals surface area contributed by atoms with Gasteiger partial charge in [-0.3, -0.25) is 9.78 Å². The topological polar surface area (TPSA) is 94.3 Å². The first-order valence-corrected chi connectivity index (χ1v) is 10.8. The molecule has 0 aliphatic carbocycles. The van der Waals surface area contributed by atoms with E-state index in [1.807, 2.05) is 66.7 Å². The normalized spacial score (nSPS) is 12.6. The third-order valence-electron chi connectivity index (χ3n) is 5.10. The first-order chi connectivity index (χ1) is 15.5. The van der Waals surface area contributed by atoms with Crippen LogP contribution in [0.1, 0.15) is 40.5 Å². The zero-order chi connectivity index (χ0) is 22.8. The molecule has 0 aliphatic rings. The summed E-state index contributed by atoms with van der Waals surface area (Å²) in [4.78, 5) is 29.0. The molecule has 0 saturated carbocycles. The van der Waals surface area contributed by atoms with E-state index in [4.69, 9.17) is 10.5 Å². The molecule has 3 aromatic rings. The van der Waals surface area contributed by atoms with E-state index in [0.717, 1.165) is 16.8 Å². The highest BCUT2D eigenvalue weighted by Gasteiger charge is 2.17. The first kappa shape index (κ1) is 23.2. The van der Waals surface area contributed by atoms with Gasteiger partial charge in [0.05, 0.1) is 11.6 Å². The van der Waals surface area contributed by atoms with E-state index >= 15 is 0 Å². The van der Waals surface area contributed by atoms with Crippen LogP contribution in [0.15, 0.2) is 79.0 Å². The molecule has 1 amide bonds. The fourth-order valence-electron chi connectivity index (χ4n) is 3.33. The van der Waals surface area contributed by atoms with Crippen LogP contribution in [0, 0.1) is 0 Å². The molecule has 2 aromatic carbocycles. The summed E-state index contributed by atoms with van der Waals surface area (Å²) in [6, 6.07) is 22.0. The third kappa shape index (κ3) is 7.32. The number of amides is 1. The summed E-state index contributed by atoms with van der Waals surface area (Å²) in [6.07, 6.45) is 3.73. The number of nitrogens with two attached hydrogens (primary N) is 1.